The molecular weight excluding hydrogens is 372 g/mol. The van der Waals surface area contributed by atoms with Gasteiger partial charge in [0.2, 0.25) is 0 Å². The van der Waals surface area contributed by atoms with Gasteiger partial charge in [-0.2, -0.15) is 0 Å². The number of rotatable bonds is 21. The van der Waals surface area contributed by atoms with Crippen molar-refractivity contribution in [2.24, 2.45) is 15.3 Å². The van der Waals surface area contributed by atoms with Crippen LogP contribution in [0.3, 0.4) is 0 Å². The lowest BCUT2D eigenvalue weighted by Crippen LogP contribution is -2.27. The fourth-order valence-electron chi connectivity index (χ4n) is 3.35. The molecule has 1 atom stereocenters. The average Bonchev–Trinajstić information content (AvgIpc) is 2.65. The van der Waals surface area contributed by atoms with Gasteiger partial charge in [0.1, 0.15) is 6.29 Å². The summed E-state index contributed by atoms with van der Waals surface area (Å²) >= 11 is -1.69. The summed E-state index contributed by atoms with van der Waals surface area (Å²) in [6, 6.07) is 0. The minimum Gasteiger partial charge on any atom is -0.572 e. The van der Waals surface area contributed by atoms with Crippen molar-refractivity contribution in [3.63, 3.8) is 0 Å². The Bertz CT molecular complexity index is 381. The molecule has 0 saturated carbocycles. The zero-order valence-electron chi connectivity index (χ0n) is 18.1. The quantitative estimate of drug-likeness (QED) is 0.0956. The van der Waals surface area contributed by atoms with Gasteiger partial charge in [0, 0.05) is 12.8 Å². The van der Waals surface area contributed by atoms with Crippen molar-refractivity contribution in [1.29, 1.82) is 0 Å². The van der Waals surface area contributed by atoms with Crippen LogP contribution in [0.1, 0.15) is 103 Å². The third-order valence-corrected chi connectivity index (χ3v) is 5.40. The number of aldehydes is 1. The Morgan fingerprint density at radius 3 is 1.93 bits per heavy atom. The maximum atomic E-state index is 10.8. The molecule has 7 heteroatoms. The van der Waals surface area contributed by atoms with Crippen LogP contribution < -0.4 is 10.9 Å². The van der Waals surface area contributed by atoms with Crippen LogP contribution >= 0.6 is 0 Å². The fourth-order valence-corrected chi connectivity index (χ4v) is 3.67. The molecule has 1 unspecified atom stereocenters. The maximum Gasteiger partial charge on any atom is 0.190 e. The largest absolute Gasteiger partial charge is 0.572 e. The number of amidine groups is 1. The molecule has 0 aliphatic rings. The van der Waals surface area contributed by atoms with Crippen LogP contribution in [0, 0.1) is 0 Å². The van der Waals surface area contributed by atoms with Crippen molar-refractivity contribution in [3.8, 4) is 0 Å². The number of nitrogens with zero attached hydrogens (tertiary/aromatic N) is 2. The van der Waals surface area contributed by atoms with Crippen molar-refractivity contribution in [2.75, 3.05) is 19.6 Å². The van der Waals surface area contributed by atoms with Gasteiger partial charge in [-0.15, -0.1) is 5.14 Å². The van der Waals surface area contributed by atoms with E-state index in [1.54, 1.807) is 0 Å². The van der Waals surface area contributed by atoms with Crippen molar-refractivity contribution in [1.82, 2.24) is 4.90 Å². The Kier molecular flexibility index (Phi) is 20.6. The molecular formula is C21H44N4O2S. The lowest BCUT2D eigenvalue weighted by atomic mass is 10.1. The molecule has 28 heavy (non-hydrogen) atoms. The van der Waals surface area contributed by atoms with Gasteiger partial charge in [-0.05, 0) is 56.1 Å². The van der Waals surface area contributed by atoms with Gasteiger partial charge in [0.05, 0.1) is 0 Å². The van der Waals surface area contributed by atoms with Crippen LogP contribution in [-0.4, -0.2) is 41.2 Å². The van der Waals surface area contributed by atoms with Crippen LogP contribution in [-0.2, 0) is 16.3 Å². The van der Waals surface area contributed by atoms with Gasteiger partial charge in [-0.3, -0.25) is 0 Å². The molecule has 0 spiro atoms. The zero-order chi connectivity index (χ0) is 20.9. The molecule has 0 amide bonds. The van der Waals surface area contributed by atoms with E-state index in [9.17, 15) is 9.35 Å². The Labute approximate surface area is 176 Å². The van der Waals surface area contributed by atoms with Crippen LogP contribution in [0.4, 0.5) is 0 Å². The van der Waals surface area contributed by atoms with Crippen molar-refractivity contribution in [2.45, 2.75) is 103 Å². The Balaban J connectivity index is 4.01. The first kappa shape index (κ1) is 27.4. The highest BCUT2D eigenvalue weighted by Crippen LogP contribution is 2.10. The van der Waals surface area contributed by atoms with Gasteiger partial charge < -0.3 is 20.0 Å². The predicted octanol–water partition coefficient (Wildman–Crippen LogP) is 4.25. The van der Waals surface area contributed by atoms with Crippen LogP contribution in [0.2, 0.25) is 0 Å². The number of carbonyl (C=O) groups excluding carboxylic acids is 1. The minimum absolute atomic E-state index is 0.388. The summed E-state index contributed by atoms with van der Waals surface area (Å²) in [4.78, 5) is 12.9. The highest BCUT2D eigenvalue weighted by molar-refractivity contribution is 7.88. The van der Waals surface area contributed by atoms with E-state index in [1.165, 1.54) is 64.3 Å². The number of hydrogen-bond acceptors (Lipinski definition) is 5. The van der Waals surface area contributed by atoms with E-state index >= 15 is 0 Å². The number of carbonyl (C=O) groups is 1. The van der Waals surface area contributed by atoms with E-state index in [0.717, 1.165) is 45.1 Å². The van der Waals surface area contributed by atoms with Crippen LogP contribution in [0.25, 0.3) is 0 Å². The molecule has 6 nitrogen and oxygen atoms in total. The van der Waals surface area contributed by atoms with Crippen molar-refractivity contribution in [3.05, 3.63) is 0 Å². The lowest BCUT2D eigenvalue weighted by Gasteiger charge is -2.22. The van der Waals surface area contributed by atoms with Crippen molar-refractivity contribution < 1.29 is 9.35 Å². The average molecular weight is 417 g/mol. The second kappa shape index (κ2) is 21.1. The molecule has 0 aromatic carbocycles. The summed E-state index contributed by atoms with van der Waals surface area (Å²) in [7, 11) is 0. The normalized spacial score (nSPS) is 13.2. The molecule has 0 bridgehead atoms. The molecule has 166 valence electrons. The maximum absolute atomic E-state index is 10.8. The summed E-state index contributed by atoms with van der Waals surface area (Å²) < 4.78 is 14.5. The summed E-state index contributed by atoms with van der Waals surface area (Å²) in [6.45, 7) is 5.66. The molecule has 0 aliphatic carbocycles. The molecule has 0 saturated heterocycles. The molecule has 0 fully saturated rings. The van der Waals surface area contributed by atoms with E-state index in [4.69, 9.17) is 10.9 Å². The van der Waals surface area contributed by atoms with Crippen LogP contribution in [0.15, 0.2) is 4.40 Å². The minimum atomic E-state index is -1.69. The van der Waals surface area contributed by atoms with E-state index in [1.807, 2.05) is 0 Å². The molecule has 0 rings (SSSR count). The Morgan fingerprint density at radius 1 is 0.893 bits per heavy atom. The molecule has 0 aliphatic heterocycles. The van der Waals surface area contributed by atoms with Gasteiger partial charge in [0.15, 0.2) is 17.4 Å². The standard InChI is InChI=1S/C21H44N4O2S/c1-2-3-4-5-8-12-17-25(18-13-9-6-7-10-15-20-26)19-14-11-16-21(22)24-28(23)27/h20H,2-19,23H2,1H3,(H2,22,24). The number of nitrogens with two attached hydrogens (primary N) is 2. The summed E-state index contributed by atoms with van der Waals surface area (Å²) in [5.41, 5.74) is 5.72. The Morgan fingerprint density at radius 2 is 1.39 bits per heavy atom. The molecule has 0 heterocycles. The predicted molar refractivity (Wildman–Crippen MR) is 121 cm³/mol. The molecule has 4 N–H and O–H groups in total. The van der Waals surface area contributed by atoms with Gasteiger partial charge >= 0.3 is 0 Å². The monoisotopic (exact) mass is 416 g/mol. The molecule has 0 radical (unpaired) electrons. The van der Waals surface area contributed by atoms with E-state index < -0.39 is 11.5 Å². The first-order chi connectivity index (χ1) is 13.6. The van der Waals surface area contributed by atoms with E-state index in [2.05, 4.69) is 16.2 Å². The smallest absolute Gasteiger partial charge is 0.190 e. The summed E-state index contributed by atoms with van der Waals surface area (Å²) in [5, 5.41) is 5.13. The second-order valence-electron chi connectivity index (χ2n) is 7.65. The number of hydrogen-bond donors (Lipinski definition) is 2. The van der Waals surface area contributed by atoms with E-state index in [-0.39, 0.29) is 0 Å². The second-order valence-corrected chi connectivity index (χ2v) is 8.38. The lowest BCUT2D eigenvalue weighted by molar-refractivity contribution is -0.107. The number of unbranched alkanes of at least 4 members (excludes halogenated alkanes) is 11. The van der Waals surface area contributed by atoms with Gasteiger partial charge in [0.25, 0.3) is 0 Å². The molecule has 0 aromatic rings. The third kappa shape index (κ3) is 20.1. The Hall–Kier alpha value is -0.630. The van der Waals surface area contributed by atoms with Crippen molar-refractivity contribution >= 4 is 23.7 Å². The summed E-state index contributed by atoms with van der Waals surface area (Å²) in [6.07, 6.45) is 18.2. The van der Waals surface area contributed by atoms with Crippen LogP contribution in [0.5, 0.6) is 0 Å². The topological polar surface area (TPSA) is 108 Å². The SMILES string of the molecule is CCCCCCCCN(CCCCCCCC=O)CCCCC(N)=N[S+](N)[O-]. The summed E-state index contributed by atoms with van der Waals surface area (Å²) in [5.74, 6) is 0.388. The van der Waals surface area contributed by atoms with Gasteiger partial charge in [-0.1, -0.05) is 58.3 Å². The highest BCUT2D eigenvalue weighted by atomic mass is 32.2. The fraction of sp³-hybridized carbons (Fsp3) is 0.905. The van der Waals surface area contributed by atoms with Gasteiger partial charge in [-0.25, -0.2) is 0 Å². The third-order valence-electron chi connectivity index (χ3n) is 4.99. The molecule has 0 aromatic heterocycles. The zero-order valence-corrected chi connectivity index (χ0v) is 18.9. The van der Waals surface area contributed by atoms with E-state index in [0.29, 0.717) is 18.7 Å². The first-order valence-electron chi connectivity index (χ1n) is 11.3. The first-order valence-corrected chi connectivity index (χ1v) is 12.4. The highest BCUT2D eigenvalue weighted by Gasteiger charge is 2.06.